The molecule has 0 atom stereocenters. The van der Waals surface area contributed by atoms with Crippen LogP contribution in [0.5, 0.6) is 0 Å². The van der Waals surface area contributed by atoms with Crippen LogP contribution in [0, 0.1) is 11.6 Å². The molecule has 1 aliphatic rings. The summed E-state index contributed by atoms with van der Waals surface area (Å²) in [7, 11) is -3.92. The fourth-order valence-corrected chi connectivity index (χ4v) is 4.94. The smallest absolute Gasteiger partial charge is 0.240 e. The predicted molar refractivity (Wildman–Crippen MR) is 87.6 cm³/mol. The fraction of sp³-hybridized carbons (Fsp3) is 0.375. The second kappa shape index (κ2) is 6.87. The number of sulfonamides is 1. The number of rotatable bonds is 5. The van der Waals surface area contributed by atoms with Gasteiger partial charge in [0.1, 0.15) is 0 Å². The van der Waals surface area contributed by atoms with E-state index >= 15 is 0 Å². The molecule has 24 heavy (non-hydrogen) atoms. The van der Waals surface area contributed by atoms with Gasteiger partial charge in [0.25, 0.3) is 0 Å². The van der Waals surface area contributed by atoms with Crippen LogP contribution in [0.2, 0.25) is 0 Å². The summed E-state index contributed by atoms with van der Waals surface area (Å²) in [6.45, 7) is 1.31. The van der Waals surface area contributed by atoms with Crippen LogP contribution in [0.4, 0.5) is 8.78 Å². The Morgan fingerprint density at radius 3 is 2.54 bits per heavy atom. The zero-order valence-electron chi connectivity index (χ0n) is 12.8. The lowest BCUT2D eigenvalue weighted by Gasteiger charge is -2.36. The molecule has 1 saturated heterocycles. The van der Waals surface area contributed by atoms with E-state index in [9.17, 15) is 17.2 Å². The van der Waals surface area contributed by atoms with Crippen LogP contribution in [0.15, 0.2) is 40.6 Å². The standard InChI is InChI=1S/C16H17F2NO3S2/c17-13-4-3-12(10-14(13)18)24(20,21)19-11-16(5-7-22-8-6-16)15-2-1-9-23-15/h1-4,9-10,19H,5-8,11H2. The first-order valence-electron chi connectivity index (χ1n) is 7.49. The lowest BCUT2D eigenvalue weighted by molar-refractivity contribution is 0.0529. The molecule has 0 aliphatic carbocycles. The Morgan fingerprint density at radius 1 is 1.17 bits per heavy atom. The van der Waals surface area contributed by atoms with Crippen LogP contribution in [0.25, 0.3) is 0 Å². The first-order valence-corrected chi connectivity index (χ1v) is 9.86. The Hall–Kier alpha value is -1.35. The number of hydrogen-bond donors (Lipinski definition) is 1. The van der Waals surface area contributed by atoms with Gasteiger partial charge in [0, 0.05) is 30.1 Å². The molecule has 0 unspecified atom stereocenters. The third-order valence-electron chi connectivity index (χ3n) is 4.30. The van der Waals surface area contributed by atoms with Crippen molar-refractivity contribution in [1.29, 1.82) is 0 Å². The first-order chi connectivity index (χ1) is 11.4. The summed E-state index contributed by atoms with van der Waals surface area (Å²) in [5, 5.41) is 1.95. The largest absolute Gasteiger partial charge is 0.381 e. The average molecular weight is 373 g/mol. The van der Waals surface area contributed by atoms with Crippen molar-refractivity contribution in [3.63, 3.8) is 0 Å². The average Bonchev–Trinajstić information content (AvgIpc) is 3.12. The maximum absolute atomic E-state index is 13.3. The summed E-state index contributed by atoms with van der Waals surface area (Å²) >= 11 is 1.58. The molecule has 130 valence electrons. The van der Waals surface area contributed by atoms with Crippen LogP contribution in [-0.4, -0.2) is 28.2 Å². The van der Waals surface area contributed by atoms with Crippen LogP contribution >= 0.6 is 11.3 Å². The SMILES string of the molecule is O=S(=O)(NCC1(c2cccs2)CCOCC1)c1ccc(F)c(F)c1. The number of benzene rings is 1. The number of ether oxygens (including phenoxy) is 1. The molecule has 0 bridgehead atoms. The van der Waals surface area contributed by atoms with Gasteiger partial charge in [-0.05, 0) is 42.5 Å². The van der Waals surface area contributed by atoms with Crippen molar-refractivity contribution in [2.75, 3.05) is 19.8 Å². The van der Waals surface area contributed by atoms with E-state index in [4.69, 9.17) is 4.74 Å². The molecule has 0 spiro atoms. The number of halogens is 2. The van der Waals surface area contributed by atoms with Gasteiger partial charge in [0.2, 0.25) is 10.0 Å². The monoisotopic (exact) mass is 373 g/mol. The van der Waals surface area contributed by atoms with Gasteiger partial charge in [-0.1, -0.05) is 6.07 Å². The van der Waals surface area contributed by atoms with Crippen LogP contribution < -0.4 is 4.72 Å². The normalized spacial score (nSPS) is 17.8. The summed E-state index contributed by atoms with van der Waals surface area (Å²) in [6.07, 6.45) is 1.40. The molecule has 0 saturated carbocycles. The minimum atomic E-state index is -3.92. The molecule has 8 heteroatoms. The van der Waals surface area contributed by atoms with E-state index in [-0.39, 0.29) is 16.9 Å². The van der Waals surface area contributed by atoms with Gasteiger partial charge in [-0.25, -0.2) is 21.9 Å². The Kier molecular flexibility index (Phi) is 5.00. The highest BCUT2D eigenvalue weighted by atomic mass is 32.2. The number of nitrogens with one attached hydrogen (secondary N) is 1. The van der Waals surface area contributed by atoms with E-state index in [0.717, 1.165) is 17.0 Å². The molecule has 3 rings (SSSR count). The lowest BCUT2D eigenvalue weighted by atomic mass is 9.79. The Labute approximate surface area is 143 Å². The van der Waals surface area contributed by atoms with E-state index in [2.05, 4.69) is 4.72 Å². The second-order valence-electron chi connectivity index (χ2n) is 5.77. The van der Waals surface area contributed by atoms with E-state index in [1.807, 2.05) is 17.5 Å². The molecule has 1 aromatic heterocycles. The zero-order valence-corrected chi connectivity index (χ0v) is 14.4. The minimum Gasteiger partial charge on any atom is -0.381 e. The minimum absolute atomic E-state index is 0.193. The predicted octanol–water partition coefficient (Wildman–Crippen LogP) is 3.05. The molecular formula is C16H17F2NO3S2. The topological polar surface area (TPSA) is 55.4 Å². The van der Waals surface area contributed by atoms with E-state index in [1.165, 1.54) is 0 Å². The highest BCUT2D eigenvalue weighted by Gasteiger charge is 2.36. The van der Waals surface area contributed by atoms with E-state index in [0.29, 0.717) is 32.1 Å². The Balaban J connectivity index is 1.82. The lowest BCUT2D eigenvalue weighted by Crippen LogP contribution is -2.44. The third-order valence-corrected chi connectivity index (χ3v) is 6.81. The Bertz CT molecular complexity index is 801. The molecule has 4 nitrogen and oxygen atoms in total. The van der Waals surface area contributed by atoms with Gasteiger partial charge in [-0.15, -0.1) is 11.3 Å². The maximum Gasteiger partial charge on any atom is 0.240 e. The molecule has 2 aromatic rings. The summed E-state index contributed by atoms with van der Waals surface area (Å²) in [4.78, 5) is 0.813. The molecule has 0 amide bonds. The van der Waals surface area contributed by atoms with Crippen molar-refractivity contribution < 1.29 is 21.9 Å². The van der Waals surface area contributed by atoms with Gasteiger partial charge >= 0.3 is 0 Å². The summed E-state index contributed by atoms with van der Waals surface area (Å²) in [6, 6.07) is 6.48. The number of thiophene rings is 1. The highest BCUT2D eigenvalue weighted by molar-refractivity contribution is 7.89. The molecular weight excluding hydrogens is 356 g/mol. The van der Waals surface area contributed by atoms with E-state index < -0.39 is 21.7 Å². The quantitative estimate of drug-likeness (QED) is 0.876. The van der Waals surface area contributed by atoms with Crippen molar-refractivity contribution in [3.8, 4) is 0 Å². The van der Waals surface area contributed by atoms with Crippen molar-refractivity contribution >= 4 is 21.4 Å². The van der Waals surface area contributed by atoms with Crippen molar-refractivity contribution in [2.24, 2.45) is 0 Å². The van der Waals surface area contributed by atoms with Crippen LogP contribution in [0.1, 0.15) is 17.7 Å². The third kappa shape index (κ3) is 3.51. The molecule has 1 fully saturated rings. The fourth-order valence-electron chi connectivity index (χ4n) is 2.81. The highest BCUT2D eigenvalue weighted by Crippen LogP contribution is 2.37. The van der Waals surface area contributed by atoms with Gasteiger partial charge in [0.15, 0.2) is 11.6 Å². The zero-order chi connectivity index (χ0) is 17.2. The van der Waals surface area contributed by atoms with Gasteiger partial charge in [0.05, 0.1) is 4.90 Å². The van der Waals surface area contributed by atoms with Crippen molar-refractivity contribution in [3.05, 3.63) is 52.2 Å². The van der Waals surface area contributed by atoms with Gasteiger partial charge in [-0.2, -0.15) is 0 Å². The summed E-state index contributed by atoms with van der Waals surface area (Å²) < 4.78 is 59.1. The second-order valence-corrected chi connectivity index (χ2v) is 8.49. The Morgan fingerprint density at radius 2 is 1.92 bits per heavy atom. The van der Waals surface area contributed by atoms with Crippen LogP contribution in [0.3, 0.4) is 0 Å². The molecule has 2 heterocycles. The van der Waals surface area contributed by atoms with Crippen molar-refractivity contribution in [2.45, 2.75) is 23.2 Å². The molecule has 1 aliphatic heterocycles. The number of hydrogen-bond acceptors (Lipinski definition) is 4. The first kappa shape index (κ1) is 17.5. The van der Waals surface area contributed by atoms with Gasteiger partial charge in [-0.3, -0.25) is 0 Å². The maximum atomic E-state index is 13.3. The molecule has 0 radical (unpaired) electrons. The van der Waals surface area contributed by atoms with Crippen molar-refractivity contribution in [1.82, 2.24) is 4.72 Å². The van der Waals surface area contributed by atoms with Gasteiger partial charge < -0.3 is 4.74 Å². The summed E-state index contributed by atoms with van der Waals surface area (Å²) in [5.41, 5.74) is -0.335. The summed E-state index contributed by atoms with van der Waals surface area (Å²) in [5.74, 6) is -2.26. The molecule has 1 aromatic carbocycles. The van der Waals surface area contributed by atoms with E-state index in [1.54, 1.807) is 11.3 Å². The molecule has 1 N–H and O–H groups in total. The van der Waals surface area contributed by atoms with Crippen LogP contribution in [-0.2, 0) is 20.2 Å².